The second-order valence-corrected chi connectivity index (χ2v) is 4.73. The van der Waals surface area contributed by atoms with Crippen molar-refractivity contribution in [1.82, 2.24) is 10.2 Å². The number of carbonyl (C=O) groups excluding carboxylic acids is 2. The van der Waals surface area contributed by atoms with Crippen molar-refractivity contribution < 1.29 is 14.7 Å². The van der Waals surface area contributed by atoms with Gasteiger partial charge in [-0.25, -0.2) is 0 Å². The fourth-order valence-corrected chi connectivity index (χ4v) is 1.93. The molecule has 2 aliphatic rings. The van der Waals surface area contributed by atoms with Gasteiger partial charge < -0.3 is 15.3 Å². The van der Waals surface area contributed by atoms with Crippen LogP contribution in [0, 0.1) is 0 Å². The molecule has 1 atom stereocenters. The molecular formula is C12H23ClN2O3. The van der Waals surface area contributed by atoms with E-state index in [1.165, 1.54) is 6.92 Å². The van der Waals surface area contributed by atoms with E-state index in [9.17, 15) is 14.7 Å². The number of hydrogen-bond donors (Lipinski definition) is 2. The van der Waals surface area contributed by atoms with Crippen molar-refractivity contribution in [2.45, 2.75) is 38.7 Å². The van der Waals surface area contributed by atoms with Gasteiger partial charge in [0.1, 0.15) is 0 Å². The molecule has 0 saturated carbocycles. The highest BCUT2D eigenvalue weighted by atomic mass is 35.5. The lowest BCUT2D eigenvalue weighted by atomic mass is 10.0. The van der Waals surface area contributed by atoms with Crippen LogP contribution in [0.3, 0.4) is 0 Å². The minimum atomic E-state index is -0.375. The molecule has 1 unspecified atom stereocenters. The molecule has 0 radical (unpaired) electrons. The molecule has 2 saturated heterocycles. The SMILES string of the molecule is CC(=O)N1CCC(=O)C1.CCC1(O)CCNC1.Cl. The Morgan fingerprint density at radius 3 is 2.44 bits per heavy atom. The Labute approximate surface area is 114 Å². The van der Waals surface area contributed by atoms with Crippen LogP contribution >= 0.6 is 12.4 Å². The van der Waals surface area contributed by atoms with Gasteiger partial charge >= 0.3 is 0 Å². The minimum Gasteiger partial charge on any atom is -0.389 e. The molecule has 2 heterocycles. The predicted molar refractivity (Wildman–Crippen MR) is 71.9 cm³/mol. The topological polar surface area (TPSA) is 69.6 Å². The van der Waals surface area contributed by atoms with Crippen LogP contribution in [0.15, 0.2) is 0 Å². The van der Waals surface area contributed by atoms with Gasteiger partial charge in [-0.1, -0.05) is 6.92 Å². The first-order valence-electron chi connectivity index (χ1n) is 6.17. The molecule has 106 valence electrons. The third kappa shape index (κ3) is 5.33. The quantitative estimate of drug-likeness (QED) is 0.726. The summed E-state index contributed by atoms with van der Waals surface area (Å²) < 4.78 is 0. The van der Waals surface area contributed by atoms with Crippen molar-refractivity contribution in [1.29, 1.82) is 0 Å². The first kappa shape index (κ1) is 17.4. The number of nitrogens with one attached hydrogen (secondary N) is 1. The Bertz CT molecular complexity index is 291. The van der Waals surface area contributed by atoms with E-state index in [0.717, 1.165) is 25.9 Å². The van der Waals surface area contributed by atoms with Gasteiger partial charge in [0.05, 0.1) is 12.1 Å². The number of halogens is 1. The predicted octanol–water partition coefficient (Wildman–Crippen LogP) is 0.350. The van der Waals surface area contributed by atoms with Gasteiger partial charge in [0.2, 0.25) is 5.91 Å². The van der Waals surface area contributed by atoms with Gasteiger partial charge in [-0.05, 0) is 19.4 Å². The number of β-amino-alcohol motifs (C(OH)–C–C–N with tert-alkyl or cyclic N) is 1. The summed E-state index contributed by atoms with van der Waals surface area (Å²) in [6.45, 7) is 6.21. The van der Waals surface area contributed by atoms with Crippen molar-refractivity contribution in [3.8, 4) is 0 Å². The maximum Gasteiger partial charge on any atom is 0.219 e. The van der Waals surface area contributed by atoms with Crippen molar-refractivity contribution in [3.63, 3.8) is 0 Å². The van der Waals surface area contributed by atoms with E-state index >= 15 is 0 Å². The third-order valence-electron chi connectivity index (χ3n) is 3.35. The van der Waals surface area contributed by atoms with Crippen LogP contribution < -0.4 is 5.32 Å². The van der Waals surface area contributed by atoms with Gasteiger partial charge in [0, 0.05) is 26.4 Å². The number of Topliss-reactive ketones (excluding diaryl/α,β-unsaturated/α-hetero) is 1. The molecule has 2 rings (SSSR count). The Hall–Kier alpha value is -0.650. The number of aliphatic hydroxyl groups is 1. The van der Waals surface area contributed by atoms with Gasteiger partial charge in [-0.15, -0.1) is 12.4 Å². The van der Waals surface area contributed by atoms with Crippen LogP contribution in [0.2, 0.25) is 0 Å². The lowest BCUT2D eigenvalue weighted by Gasteiger charge is -2.17. The Morgan fingerprint density at radius 1 is 1.56 bits per heavy atom. The van der Waals surface area contributed by atoms with Crippen molar-refractivity contribution in [3.05, 3.63) is 0 Å². The third-order valence-corrected chi connectivity index (χ3v) is 3.35. The van der Waals surface area contributed by atoms with Crippen LogP contribution in [0.25, 0.3) is 0 Å². The number of hydrogen-bond acceptors (Lipinski definition) is 4. The second-order valence-electron chi connectivity index (χ2n) is 4.73. The summed E-state index contributed by atoms with van der Waals surface area (Å²) in [6, 6.07) is 0. The van der Waals surface area contributed by atoms with E-state index in [-0.39, 0.29) is 29.7 Å². The summed E-state index contributed by atoms with van der Waals surface area (Å²) >= 11 is 0. The molecule has 6 heteroatoms. The van der Waals surface area contributed by atoms with Crippen LogP contribution in [0.5, 0.6) is 0 Å². The highest BCUT2D eigenvalue weighted by Crippen LogP contribution is 2.16. The number of rotatable bonds is 1. The van der Waals surface area contributed by atoms with E-state index in [2.05, 4.69) is 5.32 Å². The maximum atomic E-state index is 10.6. The molecule has 2 fully saturated rings. The van der Waals surface area contributed by atoms with E-state index in [4.69, 9.17) is 0 Å². The fraction of sp³-hybridized carbons (Fsp3) is 0.833. The van der Waals surface area contributed by atoms with Crippen LogP contribution in [-0.4, -0.2) is 53.5 Å². The maximum absolute atomic E-state index is 10.6. The molecule has 0 aromatic rings. The first-order valence-corrected chi connectivity index (χ1v) is 6.17. The zero-order valence-corrected chi connectivity index (χ0v) is 11.9. The molecule has 5 nitrogen and oxygen atoms in total. The van der Waals surface area contributed by atoms with Crippen LogP contribution in [-0.2, 0) is 9.59 Å². The van der Waals surface area contributed by atoms with Crippen LogP contribution in [0.4, 0.5) is 0 Å². The number of nitrogens with zero attached hydrogens (tertiary/aromatic N) is 1. The molecule has 1 amide bonds. The Kier molecular flexibility index (Phi) is 7.43. The average Bonchev–Trinajstić information content (AvgIpc) is 2.89. The van der Waals surface area contributed by atoms with Gasteiger partial charge in [0.15, 0.2) is 5.78 Å². The standard InChI is InChI=1S/C6H9NO2.C6H13NO.ClH/c1-5(8)7-3-2-6(9)4-7;1-2-6(8)3-4-7-5-6;/h2-4H2,1H3;7-8H,2-5H2,1H3;1H. The van der Waals surface area contributed by atoms with Gasteiger partial charge in [0.25, 0.3) is 0 Å². The zero-order valence-electron chi connectivity index (χ0n) is 11.1. The van der Waals surface area contributed by atoms with Crippen LogP contribution in [0.1, 0.15) is 33.1 Å². The lowest BCUT2D eigenvalue weighted by molar-refractivity contribution is -0.129. The van der Waals surface area contributed by atoms with Gasteiger partial charge in [-0.3, -0.25) is 9.59 Å². The van der Waals surface area contributed by atoms with Crippen molar-refractivity contribution >= 4 is 24.1 Å². The highest BCUT2D eigenvalue weighted by Gasteiger charge is 2.28. The number of ketones is 1. The van der Waals surface area contributed by atoms with Crippen molar-refractivity contribution in [2.24, 2.45) is 0 Å². The Morgan fingerprint density at radius 2 is 2.22 bits per heavy atom. The molecule has 0 aliphatic carbocycles. The normalized spacial score (nSPS) is 26.4. The number of carbonyl (C=O) groups is 2. The van der Waals surface area contributed by atoms with E-state index < -0.39 is 0 Å². The fourth-order valence-electron chi connectivity index (χ4n) is 1.93. The second kappa shape index (κ2) is 7.71. The molecule has 0 aromatic heterocycles. The molecule has 0 spiro atoms. The van der Waals surface area contributed by atoms with Gasteiger partial charge in [-0.2, -0.15) is 0 Å². The Balaban J connectivity index is 0.000000306. The molecule has 2 aliphatic heterocycles. The summed E-state index contributed by atoms with van der Waals surface area (Å²) in [5, 5.41) is 12.6. The zero-order chi connectivity index (χ0) is 12.9. The summed E-state index contributed by atoms with van der Waals surface area (Å²) in [4.78, 5) is 22.7. The first-order chi connectivity index (χ1) is 7.97. The van der Waals surface area contributed by atoms with E-state index in [1.54, 1.807) is 4.90 Å². The molecule has 0 bridgehead atoms. The molecule has 18 heavy (non-hydrogen) atoms. The lowest BCUT2D eigenvalue weighted by Crippen LogP contribution is -2.29. The molecule has 0 aromatic carbocycles. The largest absolute Gasteiger partial charge is 0.389 e. The summed E-state index contributed by atoms with van der Waals surface area (Å²) in [5.74, 6) is 0.172. The highest BCUT2D eigenvalue weighted by molar-refractivity contribution is 5.88. The molecule has 2 N–H and O–H groups in total. The van der Waals surface area contributed by atoms with E-state index in [1.807, 2.05) is 6.92 Å². The number of likely N-dealkylation sites (tertiary alicyclic amines) is 1. The monoisotopic (exact) mass is 278 g/mol. The minimum absolute atomic E-state index is 0. The summed E-state index contributed by atoms with van der Waals surface area (Å²) in [5.41, 5.74) is -0.375. The summed E-state index contributed by atoms with van der Waals surface area (Å²) in [6.07, 6.45) is 2.34. The molecular weight excluding hydrogens is 256 g/mol. The van der Waals surface area contributed by atoms with E-state index in [0.29, 0.717) is 19.5 Å². The number of amides is 1. The smallest absolute Gasteiger partial charge is 0.219 e. The average molecular weight is 279 g/mol. The summed E-state index contributed by atoms with van der Waals surface area (Å²) in [7, 11) is 0. The van der Waals surface area contributed by atoms with Crippen molar-refractivity contribution in [2.75, 3.05) is 26.2 Å².